The third-order valence-electron chi connectivity index (χ3n) is 5.36. The van der Waals surface area contributed by atoms with E-state index < -0.39 is 11.9 Å². The number of benzene rings is 3. The zero-order valence-corrected chi connectivity index (χ0v) is 13.7. The first-order valence-corrected chi connectivity index (χ1v) is 8.62. The Morgan fingerprint density at radius 3 is 2.00 bits per heavy atom. The summed E-state index contributed by atoms with van der Waals surface area (Å²) >= 11 is 0. The summed E-state index contributed by atoms with van der Waals surface area (Å²) in [4.78, 5) is 24.3. The molecule has 0 saturated heterocycles. The van der Waals surface area contributed by atoms with Crippen molar-refractivity contribution in [1.82, 2.24) is 0 Å². The molecule has 3 nitrogen and oxygen atoms in total. The lowest BCUT2D eigenvalue weighted by atomic mass is 9.88. The molecule has 8 rings (SSSR count). The zero-order valence-electron chi connectivity index (χ0n) is 13.7. The molecule has 0 amide bonds. The maximum atomic E-state index is 12.3. The number of hydrogen-bond acceptors (Lipinski definition) is 3. The van der Waals surface area contributed by atoms with Gasteiger partial charge in [-0.1, -0.05) is 42.5 Å². The highest BCUT2D eigenvalue weighted by Gasteiger charge is 2.32. The third kappa shape index (κ3) is 2.19. The van der Waals surface area contributed by atoms with E-state index in [9.17, 15) is 9.59 Å². The average molecular weight is 328 g/mol. The van der Waals surface area contributed by atoms with E-state index in [-0.39, 0.29) is 0 Å². The molecule has 0 aromatic heterocycles. The van der Waals surface area contributed by atoms with E-state index >= 15 is 0 Å². The van der Waals surface area contributed by atoms with E-state index in [0.29, 0.717) is 11.1 Å². The second-order valence-electron chi connectivity index (χ2n) is 6.79. The van der Waals surface area contributed by atoms with Gasteiger partial charge >= 0.3 is 11.9 Å². The number of cyclic esters (lactones) is 2. The van der Waals surface area contributed by atoms with Crippen molar-refractivity contribution >= 4 is 22.7 Å². The van der Waals surface area contributed by atoms with Gasteiger partial charge in [0.1, 0.15) is 0 Å². The summed E-state index contributed by atoms with van der Waals surface area (Å²) in [7, 11) is 0. The molecule has 0 fully saturated rings. The number of fused-ring (bicyclic) bond motifs is 1. The van der Waals surface area contributed by atoms with Crippen molar-refractivity contribution in [2.24, 2.45) is 0 Å². The molecule has 0 atom stereocenters. The highest BCUT2D eigenvalue weighted by atomic mass is 16.6. The number of rotatable bonds is 0. The minimum absolute atomic E-state index is 0.395. The van der Waals surface area contributed by atoms with Crippen molar-refractivity contribution in [3.05, 3.63) is 81.9 Å². The fraction of sp³-hybridized carbons (Fsp3) is 0.182. The van der Waals surface area contributed by atoms with Crippen molar-refractivity contribution in [3.63, 3.8) is 0 Å². The maximum Gasteiger partial charge on any atom is 0.347 e. The SMILES string of the molecule is O=C1OC(=O)c2c1ccc1c3ccc(c21)CCc1ccc(cc1)CC3. The number of aryl methyl sites for hydroxylation is 4. The molecule has 5 aliphatic rings. The molecule has 3 aromatic carbocycles. The first-order valence-electron chi connectivity index (χ1n) is 8.62. The summed E-state index contributed by atoms with van der Waals surface area (Å²) in [5, 5.41) is 1.97. The van der Waals surface area contributed by atoms with E-state index in [1.807, 2.05) is 6.07 Å². The fourth-order valence-corrected chi connectivity index (χ4v) is 4.01. The molecule has 0 spiro atoms. The Balaban J connectivity index is 1.79. The van der Waals surface area contributed by atoms with E-state index in [4.69, 9.17) is 4.74 Å². The molecule has 1 heterocycles. The van der Waals surface area contributed by atoms with E-state index in [1.54, 1.807) is 6.07 Å². The topological polar surface area (TPSA) is 43.4 Å². The molecule has 1 aliphatic heterocycles. The number of ether oxygens (including phenoxy) is 1. The predicted molar refractivity (Wildman–Crippen MR) is 95.0 cm³/mol. The van der Waals surface area contributed by atoms with Gasteiger partial charge in [0, 0.05) is 5.39 Å². The Hall–Kier alpha value is -2.94. The van der Waals surface area contributed by atoms with Gasteiger partial charge in [0.05, 0.1) is 11.1 Å². The normalized spacial score (nSPS) is 15.8. The molecule has 0 N–H and O–H groups in total. The second kappa shape index (κ2) is 5.28. The average Bonchev–Trinajstić information content (AvgIpc) is 2.91. The zero-order chi connectivity index (χ0) is 17.0. The number of carbonyl (C=O) groups is 2. The van der Waals surface area contributed by atoms with Gasteiger partial charge in [0.2, 0.25) is 0 Å². The molecular formula is C22H16O3. The second-order valence-corrected chi connectivity index (χ2v) is 6.79. The highest BCUT2D eigenvalue weighted by Crippen LogP contribution is 2.34. The van der Waals surface area contributed by atoms with E-state index in [2.05, 4.69) is 36.4 Å². The minimum Gasteiger partial charge on any atom is -0.386 e. The van der Waals surface area contributed by atoms with Crippen LogP contribution in [0.2, 0.25) is 0 Å². The van der Waals surface area contributed by atoms with Gasteiger partial charge < -0.3 is 4.74 Å². The number of carbonyl (C=O) groups excluding carboxylic acids is 2. The smallest absolute Gasteiger partial charge is 0.347 e. The van der Waals surface area contributed by atoms with Crippen molar-refractivity contribution in [3.8, 4) is 0 Å². The van der Waals surface area contributed by atoms with Gasteiger partial charge in [-0.3, -0.25) is 0 Å². The van der Waals surface area contributed by atoms with Gasteiger partial charge in [0.15, 0.2) is 0 Å². The van der Waals surface area contributed by atoms with Crippen LogP contribution >= 0.6 is 0 Å². The van der Waals surface area contributed by atoms with Gasteiger partial charge in [-0.2, -0.15) is 0 Å². The molecule has 122 valence electrons. The summed E-state index contributed by atoms with van der Waals surface area (Å²) in [5.41, 5.74) is 5.76. The summed E-state index contributed by atoms with van der Waals surface area (Å²) in [5.74, 6) is -1.05. The first kappa shape index (κ1) is 14.4. The summed E-state index contributed by atoms with van der Waals surface area (Å²) in [6, 6.07) is 16.8. The van der Waals surface area contributed by atoms with Crippen molar-refractivity contribution in [2.75, 3.05) is 0 Å². The first-order chi connectivity index (χ1) is 12.2. The molecule has 0 saturated carbocycles. The molecule has 3 aromatic rings. The Bertz CT molecular complexity index is 1050. The van der Waals surface area contributed by atoms with Crippen LogP contribution in [0.1, 0.15) is 43.0 Å². The Labute approximate surface area is 145 Å². The number of hydrogen-bond donors (Lipinski definition) is 0. The van der Waals surface area contributed by atoms with Crippen LogP contribution in [0.3, 0.4) is 0 Å². The Morgan fingerprint density at radius 1 is 0.640 bits per heavy atom. The van der Waals surface area contributed by atoms with Crippen LogP contribution in [0.5, 0.6) is 0 Å². The van der Waals surface area contributed by atoms with Gasteiger partial charge in [0.25, 0.3) is 0 Å². The maximum absolute atomic E-state index is 12.3. The van der Waals surface area contributed by atoms with Crippen LogP contribution in [0.15, 0.2) is 48.5 Å². The molecular weight excluding hydrogens is 312 g/mol. The van der Waals surface area contributed by atoms with Crippen molar-refractivity contribution < 1.29 is 14.3 Å². The summed E-state index contributed by atoms with van der Waals surface area (Å²) in [6.45, 7) is 0. The molecule has 25 heavy (non-hydrogen) atoms. The lowest BCUT2D eigenvalue weighted by Gasteiger charge is -2.15. The van der Waals surface area contributed by atoms with Crippen LogP contribution < -0.4 is 0 Å². The lowest BCUT2D eigenvalue weighted by Crippen LogP contribution is -2.03. The van der Waals surface area contributed by atoms with Crippen LogP contribution in [-0.2, 0) is 30.4 Å². The minimum atomic E-state index is -0.533. The van der Waals surface area contributed by atoms with Crippen LogP contribution in [0.4, 0.5) is 0 Å². The standard InChI is InChI=1S/C22H16O3/c23-21-18-12-11-17-15-7-5-13-1-3-14(4-2-13)6-8-16(10-9-15)19(17)20(18)22(24)25-21/h1-4,9-12H,5-8H2. The highest BCUT2D eigenvalue weighted by molar-refractivity contribution is 6.22. The predicted octanol–water partition coefficient (Wildman–Crippen LogP) is 4.03. The Morgan fingerprint density at radius 2 is 1.28 bits per heavy atom. The van der Waals surface area contributed by atoms with Crippen LogP contribution in [-0.4, -0.2) is 11.9 Å². The quantitative estimate of drug-likeness (QED) is 0.462. The van der Waals surface area contributed by atoms with Crippen molar-refractivity contribution in [1.29, 1.82) is 0 Å². The van der Waals surface area contributed by atoms with Gasteiger partial charge in [-0.15, -0.1) is 0 Å². The molecule has 4 bridgehead atoms. The molecule has 0 unspecified atom stereocenters. The number of esters is 2. The van der Waals surface area contributed by atoms with Gasteiger partial charge in [-0.25, -0.2) is 9.59 Å². The lowest BCUT2D eigenvalue weighted by molar-refractivity contribution is 0.0444. The fourth-order valence-electron chi connectivity index (χ4n) is 4.01. The van der Waals surface area contributed by atoms with E-state index in [1.165, 1.54) is 16.7 Å². The molecule has 3 heteroatoms. The summed E-state index contributed by atoms with van der Waals surface area (Å²) < 4.78 is 4.87. The van der Waals surface area contributed by atoms with Crippen LogP contribution in [0, 0.1) is 0 Å². The largest absolute Gasteiger partial charge is 0.386 e. The van der Waals surface area contributed by atoms with Crippen LogP contribution in [0.25, 0.3) is 10.8 Å². The molecule has 4 aliphatic carbocycles. The monoisotopic (exact) mass is 328 g/mol. The van der Waals surface area contributed by atoms with E-state index in [0.717, 1.165) is 42.0 Å². The molecule has 0 radical (unpaired) electrons. The third-order valence-corrected chi connectivity index (χ3v) is 5.36. The van der Waals surface area contributed by atoms with Crippen molar-refractivity contribution in [2.45, 2.75) is 25.7 Å². The Kier molecular flexibility index (Phi) is 3.04. The van der Waals surface area contributed by atoms with Gasteiger partial charge in [-0.05, 0) is 59.4 Å². The summed E-state index contributed by atoms with van der Waals surface area (Å²) in [6.07, 6.45) is 3.59.